The highest BCUT2D eigenvalue weighted by Gasteiger charge is 2.31. The number of hydrogen-bond acceptors (Lipinski definition) is 5. The number of hydrogen-bond donors (Lipinski definition) is 1. The first-order valence-corrected chi connectivity index (χ1v) is 11.4. The zero-order valence-corrected chi connectivity index (χ0v) is 17.9. The van der Waals surface area contributed by atoms with E-state index in [1.807, 2.05) is 6.07 Å². The van der Waals surface area contributed by atoms with E-state index in [-0.39, 0.29) is 49.1 Å². The largest absolute Gasteiger partial charge is 0.361 e. The maximum atomic E-state index is 12.9. The lowest BCUT2D eigenvalue weighted by molar-refractivity contribution is -0.385. The molecule has 4 rings (SSSR count). The molecule has 3 aromatic rings. The van der Waals surface area contributed by atoms with E-state index >= 15 is 0 Å². The molecule has 1 amide bonds. The molecule has 0 atom stereocenters. The number of sulfonamides is 1. The highest BCUT2D eigenvalue weighted by molar-refractivity contribution is 7.89. The molecule has 1 aliphatic rings. The Hall–Kier alpha value is -2.95. The molecule has 0 aliphatic carbocycles. The van der Waals surface area contributed by atoms with Crippen molar-refractivity contribution in [1.82, 2.24) is 14.2 Å². The zero-order chi connectivity index (χ0) is 22.2. The number of carbonyl (C=O) groups is 1. The lowest BCUT2D eigenvalue weighted by Crippen LogP contribution is -2.50. The third-order valence-electron chi connectivity index (χ3n) is 5.33. The zero-order valence-electron chi connectivity index (χ0n) is 16.3. The molecular formula is C20H19ClN4O5S. The number of rotatable bonds is 5. The average molecular weight is 463 g/mol. The number of amides is 1. The number of benzene rings is 2. The summed E-state index contributed by atoms with van der Waals surface area (Å²) in [5.74, 6) is -0.0942. The van der Waals surface area contributed by atoms with Gasteiger partial charge in [-0.2, -0.15) is 4.31 Å². The molecule has 2 heterocycles. The third kappa shape index (κ3) is 4.27. The van der Waals surface area contributed by atoms with Crippen LogP contribution in [0.3, 0.4) is 0 Å². The van der Waals surface area contributed by atoms with Crippen molar-refractivity contribution in [3.05, 3.63) is 69.4 Å². The van der Waals surface area contributed by atoms with Crippen LogP contribution in [0.1, 0.15) is 5.56 Å². The number of non-ortho nitro benzene ring substituents is 1. The summed E-state index contributed by atoms with van der Waals surface area (Å²) >= 11 is 5.99. The molecule has 0 unspecified atom stereocenters. The molecule has 11 heteroatoms. The Morgan fingerprint density at radius 3 is 2.58 bits per heavy atom. The Labute approximate surface area is 183 Å². The highest BCUT2D eigenvalue weighted by atomic mass is 35.5. The van der Waals surface area contributed by atoms with Gasteiger partial charge < -0.3 is 9.88 Å². The van der Waals surface area contributed by atoms with E-state index in [4.69, 9.17) is 11.6 Å². The lowest BCUT2D eigenvalue weighted by atomic mass is 10.1. The fourth-order valence-corrected chi connectivity index (χ4v) is 5.30. The van der Waals surface area contributed by atoms with Gasteiger partial charge in [-0.1, -0.05) is 23.7 Å². The van der Waals surface area contributed by atoms with E-state index in [2.05, 4.69) is 4.98 Å². The van der Waals surface area contributed by atoms with E-state index < -0.39 is 14.9 Å². The van der Waals surface area contributed by atoms with Crippen molar-refractivity contribution in [2.45, 2.75) is 11.3 Å². The van der Waals surface area contributed by atoms with Gasteiger partial charge in [-0.05, 0) is 23.8 Å². The second-order valence-electron chi connectivity index (χ2n) is 7.22. The van der Waals surface area contributed by atoms with Crippen molar-refractivity contribution >= 4 is 44.1 Å². The molecular weight excluding hydrogens is 444 g/mol. The highest BCUT2D eigenvalue weighted by Crippen LogP contribution is 2.24. The summed E-state index contributed by atoms with van der Waals surface area (Å²) in [4.78, 5) is 27.7. The summed E-state index contributed by atoms with van der Waals surface area (Å²) < 4.78 is 27.0. The predicted octanol–water partition coefficient (Wildman–Crippen LogP) is 2.81. The van der Waals surface area contributed by atoms with Crippen LogP contribution in [0.2, 0.25) is 5.02 Å². The van der Waals surface area contributed by atoms with Crippen molar-refractivity contribution in [2.75, 3.05) is 26.2 Å². The lowest BCUT2D eigenvalue weighted by Gasteiger charge is -2.34. The SMILES string of the molecule is O=C(Cc1c[nH]c2cc(Cl)ccc12)N1CCN(S(=O)(=O)c2cccc([N+](=O)[O-])c2)CC1. The van der Waals surface area contributed by atoms with E-state index in [9.17, 15) is 23.3 Å². The van der Waals surface area contributed by atoms with Crippen LogP contribution in [0.4, 0.5) is 5.69 Å². The number of nitro groups is 1. The van der Waals surface area contributed by atoms with Gasteiger partial charge in [-0.3, -0.25) is 14.9 Å². The summed E-state index contributed by atoms with van der Waals surface area (Å²) in [7, 11) is -3.88. The van der Waals surface area contributed by atoms with Crippen molar-refractivity contribution in [3.8, 4) is 0 Å². The molecule has 0 radical (unpaired) electrons. The fourth-order valence-electron chi connectivity index (χ4n) is 3.66. The van der Waals surface area contributed by atoms with Gasteiger partial charge in [0.25, 0.3) is 5.69 Å². The maximum Gasteiger partial charge on any atom is 0.270 e. The summed E-state index contributed by atoms with van der Waals surface area (Å²) in [6.07, 6.45) is 1.97. The van der Waals surface area contributed by atoms with E-state index in [1.165, 1.54) is 22.5 Å². The van der Waals surface area contributed by atoms with Gasteiger partial charge in [0.05, 0.1) is 16.2 Å². The minimum Gasteiger partial charge on any atom is -0.361 e. The number of H-pyrrole nitrogens is 1. The first-order chi connectivity index (χ1) is 14.8. The number of nitro benzene ring substituents is 1. The van der Waals surface area contributed by atoms with Gasteiger partial charge >= 0.3 is 0 Å². The van der Waals surface area contributed by atoms with Crippen LogP contribution in [0.25, 0.3) is 10.9 Å². The minimum atomic E-state index is -3.88. The van der Waals surface area contributed by atoms with E-state index in [1.54, 1.807) is 23.2 Å². The van der Waals surface area contributed by atoms with Crippen molar-refractivity contribution in [2.24, 2.45) is 0 Å². The minimum absolute atomic E-state index is 0.0942. The second kappa shape index (κ2) is 8.29. The first-order valence-electron chi connectivity index (χ1n) is 9.53. The molecule has 0 bridgehead atoms. The molecule has 1 aliphatic heterocycles. The number of piperazine rings is 1. The predicted molar refractivity (Wildman–Crippen MR) is 115 cm³/mol. The number of aromatic amines is 1. The van der Waals surface area contributed by atoms with Gasteiger partial charge in [0, 0.05) is 60.4 Å². The van der Waals surface area contributed by atoms with Crippen LogP contribution in [-0.4, -0.2) is 59.6 Å². The number of nitrogens with zero attached hydrogens (tertiary/aromatic N) is 3. The van der Waals surface area contributed by atoms with Crippen LogP contribution < -0.4 is 0 Å². The Morgan fingerprint density at radius 2 is 1.87 bits per heavy atom. The Bertz CT molecular complexity index is 1270. The topological polar surface area (TPSA) is 117 Å². The van der Waals surface area contributed by atoms with Crippen LogP contribution >= 0.6 is 11.6 Å². The van der Waals surface area contributed by atoms with Gasteiger partial charge in [-0.25, -0.2) is 8.42 Å². The smallest absolute Gasteiger partial charge is 0.270 e. The molecule has 1 aromatic heterocycles. The quantitative estimate of drug-likeness (QED) is 0.462. The number of nitrogens with one attached hydrogen (secondary N) is 1. The number of aromatic nitrogens is 1. The average Bonchev–Trinajstić information content (AvgIpc) is 3.15. The molecule has 1 N–H and O–H groups in total. The Kier molecular flexibility index (Phi) is 5.69. The van der Waals surface area contributed by atoms with Crippen molar-refractivity contribution in [1.29, 1.82) is 0 Å². The Morgan fingerprint density at radius 1 is 1.13 bits per heavy atom. The van der Waals surface area contributed by atoms with Gasteiger partial charge in [0.1, 0.15) is 0 Å². The summed E-state index contributed by atoms with van der Waals surface area (Å²) in [6, 6.07) is 10.4. The molecule has 162 valence electrons. The van der Waals surface area contributed by atoms with Crippen LogP contribution in [0.5, 0.6) is 0 Å². The van der Waals surface area contributed by atoms with Crippen LogP contribution in [0.15, 0.2) is 53.6 Å². The number of carbonyl (C=O) groups excluding carboxylic acids is 1. The molecule has 1 saturated heterocycles. The first kappa shape index (κ1) is 21.3. The van der Waals surface area contributed by atoms with Crippen LogP contribution in [-0.2, 0) is 21.2 Å². The molecule has 31 heavy (non-hydrogen) atoms. The molecule has 0 spiro atoms. The number of halogens is 1. The monoisotopic (exact) mass is 462 g/mol. The van der Waals surface area contributed by atoms with Gasteiger partial charge in [0.2, 0.25) is 15.9 Å². The third-order valence-corrected chi connectivity index (χ3v) is 7.46. The van der Waals surface area contributed by atoms with E-state index in [0.29, 0.717) is 5.02 Å². The standard InChI is InChI=1S/C20H19ClN4O5S/c21-15-4-5-18-14(13-22-19(18)11-15)10-20(26)23-6-8-24(9-7-23)31(29,30)17-3-1-2-16(12-17)25(27)28/h1-5,11-13,22H,6-10H2. The molecule has 9 nitrogen and oxygen atoms in total. The molecule has 1 fully saturated rings. The molecule has 2 aromatic carbocycles. The normalized spacial score (nSPS) is 15.3. The van der Waals surface area contributed by atoms with Gasteiger partial charge in [0.15, 0.2) is 0 Å². The summed E-state index contributed by atoms with van der Waals surface area (Å²) in [6.45, 7) is 0.753. The van der Waals surface area contributed by atoms with Crippen molar-refractivity contribution < 1.29 is 18.1 Å². The summed E-state index contributed by atoms with van der Waals surface area (Å²) in [5, 5.41) is 12.5. The van der Waals surface area contributed by atoms with Gasteiger partial charge in [-0.15, -0.1) is 0 Å². The maximum absolute atomic E-state index is 12.9. The molecule has 0 saturated carbocycles. The van der Waals surface area contributed by atoms with Crippen LogP contribution in [0, 0.1) is 10.1 Å². The Balaban J connectivity index is 1.42. The fraction of sp³-hybridized carbons (Fsp3) is 0.250. The number of fused-ring (bicyclic) bond motifs is 1. The van der Waals surface area contributed by atoms with Crippen molar-refractivity contribution in [3.63, 3.8) is 0 Å². The second-order valence-corrected chi connectivity index (χ2v) is 9.59. The van der Waals surface area contributed by atoms with E-state index in [0.717, 1.165) is 22.5 Å². The summed E-state index contributed by atoms with van der Waals surface area (Å²) in [5.41, 5.74) is 1.42.